The molecule has 4 rings (SSSR count). The number of anilines is 1. The number of benzene rings is 2. The van der Waals surface area contributed by atoms with Crippen molar-refractivity contribution in [3.63, 3.8) is 0 Å². The SMILES string of the molecule is CCOC(=O)c1sc(N2C(=O)C(=O)/C(=C(/O)c3cccc(OC)c3)C2c2ccc(Br)cc2)nc1C. The summed E-state index contributed by atoms with van der Waals surface area (Å²) < 4.78 is 11.1. The van der Waals surface area contributed by atoms with Crippen LogP contribution in [0.15, 0.2) is 58.6 Å². The number of esters is 1. The first kappa shape index (κ1) is 24.6. The van der Waals surface area contributed by atoms with Crippen molar-refractivity contribution >= 4 is 55.8 Å². The topological polar surface area (TPSA) is 106 Å². The molecular weight excluding hydrogens is 536 g/mol. The van der Waals surface area contributed by atoms with Gasteiger partial charge in [-0.1, -0.05) is 51.5 Å². The Balaban J connectivity index is 1.91. The summed E-state index contributed by atoms with van der Waals surface area (Å²) in [6, 6.07) is 12.7. The van der Waals surface area contributed by atoms with Gasteiger partial charge in [0.25, 0.3) is 5.78 Å². The van der Waals surface area contributed by atoms with E-state index in [-0.39, 0.29) is 27.9 Å². The zero-order valence-electron chi connectivity index (χ0n) is 19.1. The molecule has 1 aromatic heterocycles. The maximum Gasteiger partial charge on any atom is 0.350 e. The molecule has 3 aromatic rings. The Morgan fingerprint density at radius 3 is 2.57 bits per heavy atom. The third-order valence-electron chi connectivity index (χ3n) is 5.43. The Hall–Kier alpha value is -3.50. The van der Waals surface area contributed by atoms with Gasteiger partial charge in [-0.2, -0.15) is 0 Å². The van der Waals surface area contributed by atoms with Gasteiger partial charge in [0, 0.05) is 10.0 Å². The number of carbonyl (C=O) groups is 3. The lowest BCUT2D eigenvalue weighted by Crippen LogP contribution is -2.29. The number of Topliss-reactive ketones (excluding diaryl/α,β-unsaturated/α-hetero) is 1. The van der Waals surface area contributed by atoms with Crippen LogP contribution in [0.1, 0.15) is 39.5 Å². The first-order valence-electron chi connectivity index (χ1n) is 10.6. The van der Waals surface area contributed by atoms with Crippen LogP contribution in [0.3, 0.4) is 0 Å². The van der Waals surface area contributed by atoms with E-state index in [1.165, 1.54) is 12.0 Å². The number of ketones is 1. The molecule has 0 spiro atoms. The first-order valence-corrected chi connectivity index (χ1v) is 12.2. The van der Waals surface area contributed by atoms with E-state index in [2.05, 4.69) is 20.9 Å². The second kappa shape index (κ2) is 10.0. The number of aromatic nitrogens is 1. The lowest BCUT2D eigenvalue weighted by Gasteiger charge is -2.23. The minimum absolute atomic E-state index is 0.0869. The van der Waals surface area contributed by atoms with E-state index in [0.717, 1.165) is 15.8 Å². The molecule has 35 heavy (non-hydrogen) atoms. The summed E-state index contributed by atoms with van der Waals surface area (Å²) in [5.41, 5.74) is 1.21. The zero-order chi connectivity index (χ0) is 25.3. The summed E-state index contributed by atoms with van der Waals surface area (Å²) in [4.78, 5) is 44.8. The van der Waals surface area contributed by atoms with Gasteiger partial charge in [-0.15, -0.1) is 0 Å². The molecule has 0 saturated carbocycles. The molecule has 2 aromatic carbocycles. The summed E-state index contributed by atoms with van der Waals surface area (Å²) in [7, 11) is 1.49. The lowest BCUT2D eigenvalue weighted by molar-refractivity contribution is -0.132. The van der Waals surface area contributed by atoms with E-state index in [1.807, 2.05) is 0 Å². The number of ether oxygens (including phenoxy) is 2. The molecule has 0 bridgehead atoms. The van der Waals surface area contributed by atoms with Gasteiger partial charge in [0.2, 0.25) is 0 Å². The van der Waals surface area contributed by atoms with Crippen LogP contribution in [0.5, 0.6) is 5.75 Å². The molecule has 1 amide bonds. The predicted molar refractivity (Wildman–Crippen MR) is 135 cm³/mol. The molecule has 8 nitrogen and oxygen atoms in total. The summed E-state index contributed by atoms with van der Waals surface area (Å²) in [5, 5.41) is 11.4. The minimum Gasteiger partial charge on any atom is -0.507 e. The highest BCUT2D eigenvalue weighted by atomic mass is 79.9. The zero-order valence-corrected chi connectivity index (χ0v) is 21.5. The van der Waals surface area contributed by atoms with Gasteiger partial charge in [-0.25, -0.2) is 9.78 Å². The van der Waals surface area contributed by atoms with Crippen molar-refractivity contribution in [1.82, 2.24) is 4.98 Å². The standard InChI is InChI=1S/C25H21BrN2O6S/c1-4-34-24(32)22-13(2)27-25(35-22)28-19(14-8-10-16(26)11-9-14)18(21(30)23(28)31)20(29)15-6-5-7-17(12-15)33-3/h5-12,19,29H,4H2,1-3H3/b20-18+. The van der Waals surface area contributed by atoms with Gasteiger partial charge >= 0.3 is 11.9 Å². The number of amides is 1. The Morgan fingerprint density at radius 2 is 1.91 bits per heavy atom. The fourth-order valence-electron chi connectivity index (χ4n) is 3.79. The molecule has 1 unspecified atom stereocenters. The molecule has 10 heteroatoms. The maximum absolute atomic E-state index is 13.3. The van der Waals surface area contributed by atoms with E-state index in [4.69, 9.17) is 9.47 Å². The van der Waals surface area contributed by atoms with Gasteiger partial charge in [0.15, 0.2) is 5.13 Å². The van der Waals surface area contributed by atoms with Crippen molar-refractivity contribution in [1.29, 1.82) is 0 Å². The molecule has 0 radical (unpaired) electrons. The fourth-order valence-corrected chi connectivity index (χ4v) is 5.04. The number of aliphatic hydroxyl groups is 1. The molecular formula is C25H21BrN2O6S. The highest BCUT2D eigenvalue weighted by Gasteiger charge is 2.48. The number of hydrogen-bond donors (Lipinski definition) is 1. The average Bonchev–Trinajstić information content (AvgIpc) is 3.36. The summed E-state index contributed by atoms with van der Waals surface area (Å²) in [6.45, 7) is 3.52. The van der Waals surface area contributed by atoms with Crippen molar-refractivity contribution in [2.45, 2.75) is 19.9 Å². The number of rotatable bonds is 6. The number of methoxy groups -OCH3 is 1. The van der Waals surface area contributed by atoms with Gasteiger partial charge in [0.1, 0.15) is 16.4 Å². The van der Waals surface area contributed by atoms with Crippen LogP contribution < -0.4 is 9.64 Å². The second-order valence-electron chi connectivity index (χ2n) is 7.58. The van der Waals surface area contributed by atoms with Gasteiger partial charge in [-0.3, -0.25) is 14.5 Å². The third kappa shape index (κ3) is 4.59. The van der Waals surface area contributed by atoms with E-state index in [9.17, 15) is 19.5 Å². The molecule has 1 atom stereocenters. The van der Waals surface area contributed by atoms with E-state index in [1.54, 1.807) is 62.4 Å². The Kier molecular flexibility index (Phi) is 7.04. The Bertz CT molecular complexity index is 1350. The number of nitrogens with zero attached hydrogens (tertiary/aromatic N) is 2. The molecule has 180 valence electrons. The highest BCUT2D eigenvalue weighted by Crippen LogP contribution is 2.44. The Morgan fingerprint density at radius 1 is 1.20 bits per heavy atom. The molecule has 1 N–H and O–H groups in total. The van der Waals surface area contributed by atoms with Crippen molar-refractivity contribution < 1.29 is 29.0 Å². The lowest BCUT2D eigenvalue weighted by atomic mass is 9.95. The Labute approximate surface area is 213 Å². The predicted octanol–water partition coefficient (Wildman–Crippen LogP) is 5.03. The number of halogens is 1. The van der Waals surface area contributed by atoms with Crippen molar-refractivity contribution in [2.75, 3.05) is 18.6 Å². The van der Waals surface area contributed by atoms with Crippen LogP contribution in [0.2, 0.25) is 0 Å². The second-order valence-corrected chi connectivity index (χ2v) is 9.48. The maximum atomic E-state index is 13.3. The summed E-state index contributed by atoms with van der Waals surface area (Å²) >= 11 is 4.36. The molecule has 1 aliphatic heterocycles. The van der Waals surface area contributed by atoms with Gasteiger partial charge in [0.05, 0.1) is 31.0 Å². The van der Waals surface area contributed by atoms with E-state index >= 15 is 0 Å². The van der Waals surface area contributed by atoms with E-state index < -0.39 is 23.7 Å². The van der Waals surface area contributed by atoms with Crippen molar-refractivity contribution in [3.8, 4) is 5.75 Å². The molecule has 0 aliphatic carbocycles. The smallest absolute Gasteiger partial charge is 0.350 e. The number of hydrogen-bond acceptors (Lipinski definition) is 8. The number of thiazole rings is 1. The van der Waals surface area contributed by atoms with Crippen LogP contribution in [0, 0.1) is 6.92 Å². The number of aliphatic hydroxyl groups excluding tert-OH is 1. The van der Waals surface area contributed by atoms with Crippen molar-refractivity contribution in [3.05, 3.63) is 80.3 Å². The minimum atomic E-state index is -0.963. The van der Waals surface area contributed by atoms with Gasteiger partial charge in [-0.05, 0) is 43.7 Å². The number of carbonyl (C=O) groups excluding carboxylic acids is 3. The quantitative estimate of drug-likeness (QED) is 0.196. The molecule has 1 aliphatic rings. The normalized spacial score (nSPS) is 17.0. The van der Waals surface area contributed by atoms with Crippen LogP contribution in [-0.4, -0.2) is 41.5 Å². The first-order chi connectivity index (χ1) is 16.8. The molecule has 1 saturated heterocycles. The average molecular weight is 557 g/mol. The van der Waals surface area contributed by atoms with Crippen LogP contribution in [0.4, 0.5) is 5.13 Å². The van der Waals surface area contributed by atoms with Crippen molar-refractivity contribution in [2.24, 2.45) is 0 Å². The number of aryl methyl sites for hydroxylation is 1. The monoisotopic (exact) mass is 556 g/mol. The highest BCUT2D eigenvalue weighted by molar-refractivity contribution is 9.10. The fraction of sp³-hybridized carbons (Fsp3) is 0.200. The van der Waals surface area contributed by atoms with Crippen LogP contribution in [0.25, 0.3) is 5.76 Å². The van der Waals surface area contributed by atoms with Gasteiger partial charge < -0.3 is 14.6 Å². The summed E-state index contributed by atoms with van der Waals surface area (Å²) in [5.74, 6) is -2.12. The molecule has 1 fully saturated rings. The van der Waals surface area contributed by atoms with E-state index in [0.29, 0.717) is 22.6 Å². The summed E-state index contributed by atoms with van der Waals surface area (Å²) in [6.07, 6.45) is 0. The molecule has 2 heterocycles. The largest absolute Gasteiger partial charge is 0.507 e. The van der Waals surface area contributed by atoms with Crippen LogP contribution >= 0.6 is 27.3 Å². The van der Waals surface area contributed by atoms with Crippen LogP contribution in [-0.2, 0) is 14.3 Å². The third-order valence-corrected chi connectivity index (χ3v) is 7.09.